The number of benzene rings is 2. The third-order valence-electron chi connectivity index (χ3n) is 4.91. The Morgan fingerprint density at radius 3 is 2.47 bits per heavy atom. The molecule has 3 aromatic rings. The zero-order valence-corrected chi connectivity index (χ0v) is 18.3. The van der Waals surface area contributed by atoms with Crippen LogP contribution in [0.2, 0.25) is 0 Å². The van der Waals surface area contributed by atoms with Crippen LogP contribution in [0, 0.1) is 6.92 Å². The highest BCUT2D eigenvalue weighted by Gasteiger charge is 2.25. The Hall–Kier alpha value is -3.59. The average molecular weight is 451 g/mol. The van der Waals surface area contributed by atoms with E-state index < -0.39 is 0 Å². The molecule has 8 nitrogen and oxygen atoms in total. The first-order valence-corrected chi connectivity index (χ1v) is 11.3. The summed E-state index contributed by atoms with van der Waals surface area (Å²) in [4.78, 5) is 38.7. The van der Waals surface area contributed by atoms with E-state index in [1.807, 2.05) is 24.3 Å². The molecule has 2 N–H and O–H groups in total. The molecule has 1 aromatic heterocycles. The van der Waals surface area contributed by atoms with Crippen molar-refractivity contribution in [1.29, 1.82) is 0 Å². The van der Waals surface area contributed by atoms with Gasteiger partial charge in [-0.25, -0.2) is 0 Å². The fourth-order valence-corrected chi connectivity index (χ4v) is 4.06. The van der Waals surface area contributed by atoms with Gasteiger partial charge in [0.15, 0.2) is 5.82 Å². The molecular formula is C23H22N4O4S. The van der Waals surface area contributed by atoms with Crippen molar-refractivity contribution < 1.29 is 18.9 Å². The lowest BCUT2D eigenvalue weighted by Gasteiger charge is -2.17. The van der Waals surface area contributed by atoms with Gasteiger partial charge in [-0.1, -0.05) is 23.4 Å². The third kappa shape index (κ3) is 5.17. The Balaban J connectivity index is 1.24. The van der Waals surface area contributed by atoms with Crippen LogP contribution in [0.3, 0.4) is 0 Å². The molecule has 0 fully saturated rings. The highest BCUT2D eigenvalue weighted by Crippen LogP contribution is 2.29. The van der Waals surface area contributed by atoms with Crippen molar-refractivity contribution in [3.63, 3.8) is 0 Å². The summed E-state index contributed by atoms with van der Waals surface area (Å²) in [5, 5.41) is 9.06. The van der Waals surface area contributed by atoms with Gasteiger partial charge in [-0.15, -0.1) is 11.8 Å². The van der Waals surface area contributed by atoms with Gasteiger partial charge in [-0.2, -0.15) is 0 Å². The topological polar surface area (TPSA) is 105 Å². The summed E-state index contributed by atoms with van der Waals surface area (Å²) < 4.78 is 4.88. The van der Waals surface area contributed by atoms with Crippen LogP contribution in [0.4, 0.5) is 17.2 Å². The summed E-state index contributed by atoms with van der Waals surface area (Å²) in [6, 6.07) is 16.4. The van der Waals surface area contributed by atoms with Crippen LogP contribution in [0.15, 0.2) is 59.1 Å². The highest BCUT2D eigenvalue weighted by molar-refractivity contribution is 8.00. The summed E-state index contributed by atoms with van der Waals surface area (Å²) in [6.45, 7) is 2.40. The van der Waals surface area contributed by atoms with E-state index in [0.717, 1.165) is 12.1 Å². The number of nitrogens with one attached hydrogen (secondary N) is 2. The SMILES string of the molecule is Cc1cc(NC(=O)CSCC(=O)Nc2ccc(C(=O)N3CCc4ccccc43)cc2)no1. The number of hydrogen-bond donors (Lipinski definition) is 2. The predicted molar refractivity (Wildman–Crippen MR) is 124 cm³/mol. The number of carbonyl (C=O) groups is 3. The van der Waals surface area contributed by atoms with Gasteiger partial charge < -0.3 is 20.1 Å². The van der Waals surface area contributed by atoms with Gasteiger partial charge in [0, 0.05) is 29.5 Å². The van der Waals surface area contributed by atoms with Gasteiger partial charge in [0.2, 0.25) is 11.8 Å². The van der Waals surface area contributed by atoms with Gasteiger partial charge in [0.1, 0.15) is 5.76 Å². The van der Waals surface area contributed by atoms with Gasteiger partial charge in [0.25, 0.3) is 5.91 Å². The highest BCUT2D eigenvalue weighted by atomic mass is 32.2. The number of nitrogens with zero attached hydrogens (tertiary/aromatic N) is 2. The van der Waals surface area contributed by atoms with Crippen LogP contribution in [0.5, 0.6) is 0 Å². The Bertz CT molecular complexity index is 1140. The lowest BCUT2D eigenvalue weighted by atomic mass is 10.1. The maximum absolute atomic E-state index is 12.9. The fraction of sp³-hybridized carbons (Fsp3) is 0.217. The average Bonchev–Trinajstić information content (AvgIpc) is 3.39. The molecule has 4 rings (SSSR count). The van der Waals surface area contributed by atoms with Crippen molar-refractivity contribution in [2.75, 3.05) is 33.6 Å². The lowest BCUT2D eigenvalue weighted by Crippen LogP contribution is -2.28. The summed E-state index contributed by atoms with van der Waals surface area (Å²) >= 11 is 1.19. The molecule has 0 unspecified atom stereocenters. The molecule has 0 spiro atoms. The Labute approximate surface area is 189 Å². The van der Waals surface area contributed by atoms with E-state index in [9.17, 15) is 14.4 Å². The number of thioether (sulfide) groups is 1. The smallest absolute Gasteiger partial charge is 0.258 e. The molecule has 1 aliphatic heterocycles. The Kier molecular flexibility index (Phi) is 6.55. The summed E-state index contributed by atoms with van der Waals surface area (Å²) in [5.74, 6) is 0.641. The maximum atomic E-state index is 12.9. The zero-order valence-electron chi connectivity index (χ0n) is 17.5. The molecule has 0 aliphatic carbocycles. The van der Waals surface area contributed by atoms with E-state index in [-0.39, 0.29) is 29.2 Å². The normalized spacial score (nSPS) is 12.3. The van der Waals surface area contributed by atoms with Crippen molar-refractivity contribution in [3.05, 3.63) is 71.5 Å². The van der Waals surface area contributed by atoms with Crippen LogP contribution in [0.1, 0.15) is 21.7 Å². The third-order valence-corrected chi connectivity index (χ3v) is 5.84. The number of amides is 3. The van der Waals surface area contributed by atoms with E-state index in [1.165, 1.54) is 17.3 Å². The quantitative estimate of drug-likeness (QED) is 0.571. The van der Waals surface area contributed by atoms with Gasteiger partial charge in [0.05, 0.1) is 11.5 Å². The van der Waals surface area contributed by atoms with E-state index in [4.69, 9.17) is 4.52 Å². The fourth-order valence-electron chi connectivity index (χ4n) is 3.44. The Morgan fingerprint density at radius 2 is 1.75 bits per heavy atom. The van der Waals surface area contributed by atoms with Crippen molar-refractivity contribution in [1.82, 2.24) is 5.16 Å². The van der Waals surface area contributed by atoms with Crippen molar-refractivity contribution in [2.45, 2.75) is 13.3 Å². The number of fused-ring (bicyclic) bond motifs is 1. The lowest BCUT2D eigenvalue weighted by molar-refractivity contribution is -0.114. The molecule has 32 heavy (non-hydrogen) atoms. The number of hydrogen-bond acceptors (Lipinski definition) is 6. The molecule has 1 aliphatic rings. The molecule has 2 aromatic carbocycles. The number of anilines is 3. The van der Waals surface area contributed by atoms with Gasteiger partial charge >= 0.3 is 0 Å². The monoisotopic (exact) mass is 450 g/mol. The molecule has 0 bridgehead atoms. The first-order valence-electron chi connectivity index (χ1n) is 10.1. The van der Waals surface area contributed by atoms with Crippen LogP contribution in [0.25, 0.3) is 0 Å². The van der Waals surface area contributed by atoms with Crippen LogP contribution < -0.4 is 15.5 Å². The minimum atomic E-state index is -0.262. The second-order valence-corrected chi connectivity index (χ2v) is 8.31. The number of rotatable bonds is 7. The van der Waals surface area contributed by atoms with Gasteiger partial charge in [-0.3, -0.25) is 14.4 Å². The largest absolute Gasteiger partial charge is 0.360 e. The maximum Gasteiger partial charge on any atom is 0.258 e. The number of para-hydroxylation sites is 1. The first-order chi connectivity index (χ1) is 15.5. The van der Waals surface area contributed by atoms with Crippen LogP contribution in [-0.2, 0) is 16.0 Å². The van der Waals surface area contributed by atoms with Crippen molar-refractivity contribution >= 4 is 46.7 Å². The molecule has 2 heterocycles. The molecule has 0 radical (unpaired) electrons. The van der Waals surface area contributed by atoms with Crippen LogP contribution >= 0.6 is 11.8 Å². The second kappa shape index (κ2) is 9.69. The standard InChI is InChI=1S/C23H22N4O4S/c1-15-12-20(26-31-15)25-22(29)14-32-13-21(28)24-18-8-6-17(7-9-18)23(30)27-11-10-16-4-2-3-5-19(16)27/h2-9,12H,10-11,13-14H2,1H3,(H,24,28)(H,25,26,29). The molecule has 9 heteroatoms. The molecule has 3 amide bonds. The van der Waals surface area contributed by atoms with E-state index in [0.29, 0.717) is 29.4 Å². The predicted octanol–water partition coefficient (Wildman–Crippen LogP) is 3.50. The van der Waals surface area contributed by atoms with Crippen LogP contribution in [-0.4, -0.2) is 40.9 Å². The van der Waals surface area contributed by atoms with E-state index in [1.54, 1.807) is 42.2 Å². The summed E-state index contributed by atoms with van der Waals surface area (Å²) in [5.41, 5.74) is 3.28. The minimum Gasteiger partial charge on any atom is -0.360 e. The number of aromatic nitrogens is 1. The molecule has 0 saturated carbocycles. The molecule has 164 valence electrons. The van der Waals surface area contributed by atoms with Crippen molar-refractivity contribution in [3.8, 4) is 0 Å². The van der Waals surface area contributed by atoms with E-state index >= 15 is 0 Å². The number of carbonyl (C=O) groups excluding carboxylic acids is 3. The Morgan fingerprint density at radius 1 is 1.03 bits per heavy atom. The minimum absolute atomic E-state index is 0.0586. The van der Waals surface area contributed by atoms with E-state index in [2.05, 4.69) is 15.8 Å². The summed E-state index contributed by atoms with van der Waals surface area (Å²) in [7, 11) is 0. The van der Waals surface area contributed by atoms with Gasteiger partial charge in [-0.05, 0) is 49.2 Å². The van der Waals surface area contributed by atoms with Crippen molar-refractivity contribution in [2.24, 2.45) is 0 Å². The first kappa shape index (κ1) is 21.6. The zero-order chi connectivity index (χ0) is 22.5. The molecule has 0 atom stereocenters. The second-order valence-electron chi connectivity index (χ2n) is 7.32. The number of aryl methyl sites for hydroxylation is 1. The molecule has 0 saturated heterocycles. The molecular weight excluding hydrogens is 428 g/mol. The summed E-state index contributed by atoms with van der Waals surface area (Å²) in [6.07, 6.45) is 0.851.